The van der Waals surface area contributed by atoms with Crippen LogP contribution in [0, 0.1) is 27.6 Å². The van der Waals surface area contributed by atoms with Crippen molar-refractivity contribution in [2.45, 2.75) is 0 Å². The normalized spacial score (nSPS) is 9.87. The number of hydrogen-bond donors (Lipinski definition) is 1. The Morgan fingerprint density at radius 2 is 1.80 bits per heavy atom. The van der Waals surface area contributed by atoms with Crippen molar-refractivity contribution in [1.29, 1.82) is 0 Å². The van der Waals surface area contributed by atoms with Crippen LogP contribution in [0.1, 0.15) is 0 Å². The average Bonchev–Trinajstić information content (AvgIpc) is 2.09. The Hall–Kier alpha value is -2.03. The zero-order chi connectivity index (χ0) is 11.6. The summed E-state index contributed by atoms with van der Waals surface area (Å²) in [6.07, 6.45) is 0. The summed E-state index contributed by atoms with van der Waals surface area (Å²) in [5.74, 6) is 0.715. The Morgan fingerprint density at radius 3 is 2.33 bits per heavy atom. The van der Waals surface area contributed by atoms with Gasteiger partial charge in [0.15, 0.2) is 17.5 Å². The van der Waals surface area contributed by atoms with E-state index in [4.69, 9.17) is 5.84 Å². The third kappa shape index (κ3) is 2.47. The van der Waals surface area contributed by atoms with Gasteiger partial charge in [-0.05, 0) is 0 Å². The van der Waals surface area contributed by atoms with Crippen LogP contribution in [0.15, 0.2) is 12.1 Å². The van der Waals surface area contributed by atoms with Gasteiger partial charge in [0.2, 0.25) is 0 Å². The second-order valence-electron chi connectivity index (χ2n) is 2.35. The average molecular weight is 223 g/mol. The molecule has 0 bridgehead atoms. The number of hydrogen-bond acceptors (Lipinski definition) is 5. The minimum atomic E-state index is -1.44. The van der Waals surface area contributed by atoms with Crippen LogP contribution in [0.5, 0.6) is 0 Å². The second kappa shape index (κ2) is 4.00. The van der Waals surface area contributed by atoms with Crippen molar-refractivity contribution < 1.29 is 23.2 Å². The lowest BCUT2D eigenvalue weighted by Gasteiger charge is -2.14. The van der Waals surface area contributed by atoms with Crippen LogP contribution in [0.4, 0.5) is 18.9 Å². The second-order valence-corrected chi connectivity index (χ2v) is 2.35. The van der Waals surface area contributed by atoms with Gasteiger partial charge in [0.25, 0.3) is 0 Å². The molecule has 0 unspecified atom stereocenters. The first kappa shape index (κ1) is 11.0. The lowest BCUT2D eigenvalue weighted by Crippen LogP contribution is -2.34. The fourth-order valence-corrected chi connectivity index (χ4v) is 0.797. The maximum Gasteiger partial charge on any atom is 0.318 e. The lowest BCUT2D eigenvalue weighted by molar-refractivity contribution is -0.762. The number of anilines is 1. The van der Waals surface area contributed by atoms with Gasteiger partial charge in [0, 0.05) is 12.1 Å². The summed E-state index contributed by atoms with van der Waals surface area (Å²) in [6, 6.07) is 0.516. The van der Waals surface area contributed by atoms with Crippen LogP contribution in [-0.2, 0) is 4.94 Å². The SMILES string of the molecule is NN(O[N+](=O)[O-])c1cc(F)c(F)cc1F. The van der Waals surface area contributed by atoms with Gasteiger partial charge in [0.05, 0.1) is 0 Å². The first-order valence-electron chi connectivity index (χ1n) is 3.43. The van der Waals surface area contributed by atoms with Gasteiger partial charge >= 0.3 is 5.09 Å². The van der Waals surface area contributed by atoms with E-state index in [9.17, 15) is 23.3 Å². The molecule has 0 spiro atoms. The van der Waals surface area contributed by atoms with E-state index in [0.29, 0.717) is 6.07 Å². The molecule has 0 aliphatic rings. The standard InChI is InChI=1S/C6H4F3N3O3/c7-3-1-5(9)6(2-4(3)8)11(10)15-12(13)14/h1-2H,10H2. The van der Waals surface area contributed by atoms with Crippen molar-refractivity contribution in [2.24, 2.45) is 5.84 Å². The zero-order valence-electron chi connectivity index (χ0n) is 6.99. The lowest BCUT2D eigenvalue weighted by atomic mass is 10.3. The molecule has 0 saturated carbocycles. The van der Waals surface area contributed by atoms with Crippen molar-refractivity contribution in [3.8, 4) is 0 Å². The van der Waals surface area contributed by atoms with E-state index < -0.39 is 28.2 Å². The van der Waals surface area contributed by atoms with Crippen molar-refractivity contribution in [3.05, 3.63) is 39.7 Å². The summed E-state index contributed by atoms with van der Waals surface area (Å²) in [5.41, 5.74) is -0.800. The third-order valence-corrected chi connectivity index (χ3v) is 1.38. The highest BCUT2D eigenvalue weighted by molar-refractivity contribution is 5.44. The van der Waals surface area contributed by atoms with Gasteiger partial charge in [-0.3, -0.25) is 0 Å². The van der Waals surface area contributed by atoms with Crippen LogP contribution >= 0.6 is 0 Å². The largest absolute Gasteiger partial charge is 0.318 e. The van der Waals surface area contributed by atoms with E-state index in [2.05, 4.69) is 4.94 Å². The molecule has 0 atom stereocenters. The molecule has 9 heteroatoms. The van der Waals surface area contributed by atoms with E-state index >= 15 is 0 Å². The number of nitrogens with zero attached hydrogens (tertiary/aromatic N) is 2. The zero-order valence-corrected chi connectivity index (χ0v) is 6.99. The summed E-state index contributed by atoms with van der Waals surface area (Å²) in [4.78, 5) is 13.4. The van der Waals surface area contributed by atoms with Crippen LogP contribution in [0.2, 0.25) is 0 Å². The Bertz CT molecular complexity index is 401. The first-order chi connectivity index (χ1) is 6.91. The summed E-state index contributed by atoms with van der Waals surface area (Å²) in [5, 5.41) is 8.36. The summed E-state index contributed by atoms with van der Waals surface area (Å²) in [7, 11) is 0. The molecule has 1 aromatic rings. The van der Waals surface area contributed by atoms with Crippen molar-refractivity contribution in [3.63, 3.8) is 0 Å². The highest BCUT2D eigenvalue weighted by atomic mass is 19.2. The van der Waals surface area contributed by atoms with Crippen molar-refractivity contribution in [2.75, 3.05) is 5.17 Å². The molecule has 82 valence electrons. The maximum absolute atomic E-state index is 12.9. The number of nitrogens with two attached hydrogens (primary N) is 1. The molecule has 0 aliphatic carbocycles. The molecular weight excluding hydrogens is 219 g/mol. The summed E-state index contributed by atoms with van der Waals surface area (Å²) in [6.45, 7) is 0. The molecule has 0 saturated heterocycles. The molecule has 0 heterocycles. The number of rotatable bonds is 3. The van der Waals surface area contributed by atoms with Crippen molar-refractivity contribution in [1.82, 2.24) is 0 Å². The van der Waals surface area contributed by atoms with Gasteiger partial charge in [-0.2, -0.15) is 4.94 Å². The molecule has 0 aliphatic heterocycles. The molecule has 2 N–H and O–H groups in total. The maximum atomic E-state index is 12.9. The van der Waals surface area contributed by atoms with Gasteiger partial charge in [-0.25, -0.2) is 19.0 Å². The van der Waals surface area contributed by atoms with Crippen LogP contribution in [0.25, 0.3) is 0 Å². The number of hydrazine groups is 1. The Morgan fingerprint density at radius 1 is 1.27 bits per heavy atom. The quantitative estimate of drug-likeness (QED) is 0.356. The molecular formula is C6H4F3N3O3. The van der Waals surface area contributed by atoms with E-state index in [0.717, 1.165) is 0 Å². The molecule has 1 rings (SSSR count). The highest BCUT2D eigenvalue weighted by Gasteiger charge is 2.16. The summed E-state index contributed by atoms with van der Waals surface area (Å²) >= 11 is 0. The predicted molar refractivity (Wildman–Crippen MR) is 41.1 cm³/mol. The monoisotopic (exact) mass is 223 g/mol. The Balaban J connectivity index is 3.03. The minimum absolute atomic E-state index is 0.127. The fourth-order valence-electron chi connectivity index (χ4n) is 0.797. The first-order valence-corrected chi connectivity index (χ1v) is 3.43. The Kier molecular flexibility index (Phi) is 2.95. The number of halogens is 3. The molecule has 0 aromatic heterocycles. The predicted octanol–water partition coefficient (Wildman–Crippen LogP) is 0.907. The van der Waals surface area contributed by atoms with E-state index in [-0.39, 0.29) is 11.2 Å². The molecule has 15 heavy (non-hydrogen) atoms. The topological polar surface area (TPSA) is 81.6 Å². The molecule has 0 radical (unpaired) electrons. The molecule has 0 amide bonds. The van der Waals surface area contributed by atoms with Crippen LogP contribution in [-0.4, -0.2) is 5.09 Å². The van der Waals surface area contributed by atoms with Gasteiger partial charge in [-0.1, -0.05) is 0 Å². The smallest absolute Gasteiger partial charge is 0.223 e. The van der Waals surface area contributed by atoms with Gasteiger partial charge in [-0.15, -0.1) is 15.3 Å². The van der Waals surface area contributed by atoms with Crippen LogP contribution in [0.3, 0.4) is 0 Å². The summed E-state index contributed by atoms with van der Waals surface area (Å²) < 4.78 is 37.9. The van der Waals surface area contributed by atoms with E-state index in [1.165, 1.54) is 0 Å². The molecule has 6 nitrogen and oxygen atoms in total. The van der Waals surface area contributed by atoms with Gasteiger partial charge < -0.3 is 0 Å². The minimum Gasteiger partial charge on any atom is -0.223 e. The van der Waals surface area contributed by atoms with Crippen molar-refractivity contribution >= 4 is 5.69 Å². The van der Waals surface area contributed by atoms with E-state index in [1.54, 1.807) is 0 Å². The Labute approximate surface area is 80.7 Å². The molecule has 0 fully saturated rings. The van der Waals surface area contributed by atoms with Gasteiger partial charge in [0.1, 0.15) is 5.69 Å². The highest BCUT2D eigenvalue weighted by Crippen LogP contribution is 2.20. The van der Waals surface area contributed by atoms with Crippen LogP contribution < -0.4 is 11.0 Å². The number of benzene rings is 1. The van der Waals surface area contributed by atoms with E-state index in [1.807, 2.05) is 0 Å². The molecule has 1 aromatic carbocycles. The third-order valence-electron chi connectivity index (χ3n) is 1.38. The fraction of sp³-hybridized carbons (Fsp3) is 0.